The molecule has 1 aliphatic heterocycles. The second kappa shape index (κ2) is 8.97. The van der Waals surface area contributed by atoms with E-state index in [1.54, 1.807) is 10.4 Å². The van der Waals surface area contributed by atoms with Crippen LogP contribution in [0.25, 0.3) is 5.57 Å². The summed E-state index contributed by atoms with van der Waals surface area (Å²) >= 11 is 2.02. The topological polar surface area (TPSA) is 15.3 Å². The Morgan fingerprint density at radius 2 is 1.76 bits per heavy atom. The van der Waals surface area contributed by atoms with Crippen LogP contribution in [-0.2, 0) is 5.75 Å². The Morgan fingerprint density at radius 1 is 1.03 bits per heavy atom. The molecule has 4 heteroatoms. The van der Waals surface area contributed by atoms with E-state index in [9.17, 15) is 0 Å². The molecule has 1 unspecified atom stereocenters. The molecule has 2 aliphatic rings. The van der Waals surface area contributed by atoms with Crippen LogP contribution in [0, 0.1) is 0 Å². The molecule has 0 radical (unpaired) electrons. The van der Waals surface area contributed by atoms with Gasteiger partial charge in [0, 0.05) is 36.3 Å². The molecule has 1 N–H and O–H groups in total. The molecular formula is C29H38N2SSi. The van der Waals surface area contributed by atoms with Crippen LogP contribution in [0.2, 0.25) is 13.1 Å². The van der Waals surface area contributed by atoms with E-state index >= 15 is 0 Å². The zero-order valence-corrected chi connectivity index (χ0v) is 23.2. The highest BCUT2D eigenvalue weighted by Gasteiger charge is 2.40. The van der Waals surface area contributed by atoms with Crippen LogP contribution < -0.4 is 15.4 Å². The quantitative estimate of drug-likeness (QED) is 0.524. The standard InChI is InChI=1S/C29H38N2SSi/c1-29(2,3)32-19-20-11-9-10-12-23(20)28-24-15-13-21(30-4)17-26(24)33(7,8)27-18-22(31(5)6)14-16-25(27)28/h9-18,21,30H,19H2,1-8H3. The first kappa shape index (κ1) is 24.1. The Labute approximate surface area is 205 Å². The van der Waals surface area contributed by atoms with Crippen LogP contribution in [0.3, 0.4) is 0 Å². The van der Waals surface area contributed by atoms with Gasteiger partial charge >= 0.3 is 0 Å². The minimum Gasteiger partial charge on any atom is -0.378 e. The fourth-order valence-corrected chi connectivity index (χ4v) is 8.87. The van der Waals surface area contributed by atoms with Gasteiger partial charge in [0.1, 0.15) is 8.07 Å². The molecule has 1 heterocycles. The van der Waals surface area contributed by atoms with Gasteiger partial charge in [-0.2, -0.15) is 11.8 Å². The van der Waals surface area contributed by atoms with Gasteiger partial charge < -0.3 is 10.2 Å². The SMILES string of the molecule is CNC1C=CC2=C(c3ccccc3CSC(C)(C)C)c3ccc(N(C)C)cc3[Si](C)(C)C2=C1. The first-order chi connectivity index (χ1) is 15.5. The van der Waals surface area contributed by atoms with Crippen LogP contribution in [-0.4, -0.2) is 40.0 Å². The van der Waals surface area contributed by atoms with Crippen molar-refractivity contribution < 1.29 is 0 Å². The monoisotopic (exact) mass is 474 g/mol. The summed E-state index contributed by atoms with van der Waals surface area (Å²) in [4.78, 5) is 2.23. The predicted octanol–water partition coefficient (Wildman–Crippen LogP) is 6.14. The number of nitrogens with zero attached hydrogens (tertiary/aromatic N) is 1. The number of fused-ring (bicyclic) bond motifs is 2. The van der Waals surface area contributed by atoms with Gasteiger partial charge in [-0.1, -0.05) is 82.4 Å². The van der Waals surface area contributed by atoms with Crippen molar-refractivity contribution in [2.24, 2.45) is 0 Å². The molecule has 0 amide bonds. The first-order valence-corrected chi connectivity index (χ1v) is 15.9. The van der Waals surface area contributed by atoms with Gasteiger partial charge in [-0.3, -0.25) is 0 Å². The lowest BCUT2D eigenvalue weighted by molar-refractivity contribution is 0.783. The Bertz CT molecular complexity index is 1150. The number of likely N-dealkylation sites (N-methyl/N-ethyl adjacent to an activating group) is 1. The average molecular weight is 475 g/mol. The first-order valence-electron chi connectivity index (χ1n) is 11.9. The summed E-state index contributed by atoms with van der Waals surface area (Å²) in [6, 6.07) is 16.5. The van der Waals surface area contributed by atoms with E-state index in [2.05, 4.69) is 126 Å². The van der Waals surface area contributed by atoms with E-state index in [-0.39, 0.29) is 4.75 Å². The number of allylic oxidation sites excluding steroid dienone is 3. The van der Waals surface area contributed by atoms with Crippen molar-refractivity contribution in [1.29, 1.82) is 0 Å². The molecule has 0 saturated carbocycles. The van der Waals surface area contributed by atoms with Gasteiger partial charge in [-0.15, -0.1) is 0 Å². The summed E-state index contributed by atoms with van der Waals surface area (Å²) in [6.07, 6.45) is 7.19. The van der Waals surface area contributed by atoms with E-state index in [0.717, 1.165) is 5.75 Å². The van der Waals surface area contributed by atoms with Gasteiger partial charge in [0.25, 0.3) is 0 Å². The number of rotatable bonds is 5. The van der Waals surface area contributed by atoms with Gasteiger partial charge in [0.2, 0.25) is 0 Å². The Balaban J connectivity index is 1.98. The maximum atomic E-state index is 3.46. The Hall–Kier alpha value is -2.01. The van der Waals surface area contributed by atoms with Gasteiger partial charge in [-0.05, 0) is 57.4 Å². The number of anilines is 1. The molecule has 174 valence electrons. The van der Waals surface area contributed by atoms with Crippen molar-refractivity contribution in [2.45, 2.75) is 50.4 Å². The van der Waals surface area contributed by atoms with Crippen molar-refractivity contribution in [1.82, 2.24) is 5.32 Å². The van der Waals surface area contributed by atoms with Crippen molar-refractivity contribution in [3.63, 3.8) is 0 Å². The van der Waals surface area contributed by atoms with E-state index in [1.165, 1.54) is 33.5 Å². The number of hydrogen-bond acceptors (Lipinski definition) is 3. The minimum absolute atomic E-state index is 0.237. The van der Waals surface area contributed by atoms with E-state index in [1.807, 2.05) is 11.8 Å². The van der Waals surface area contributed by atoms with Gasteiger partial charge in [-0.25, -0.2) is 0 Å². The maximum absolute atomic E-state index is 3.46. The average Bonchev–Trinajstić information content (AvgIpc) is 2.77. The third kappa shape index (κ3) is 4.66. The minimum atomic E-state index is -1.87. The lowest BCUT2D eigenvalue weighted by atomic mass is 9.87. The summed E-state index contributed by atoms with van der Waals surface area (Å²) in [7, 11) is 4.46. The highest BCUT2D eigenvalue weighted by atomic mass is 32.2. The molecular weight excluding hydrogens is 436 g/mol. The van der Waals surface area contributed by atoms with Crippen LogP contribution in [0.1, 0.15) is 37.5 Å². The van der Waals surface area contributed by atoms with E-state index in [4.69, 9.17) is 0 Å². The summed E-state index contributed by atoms with van der Waals surface area (Å²) in [5.74, 6) is 1.02. The molecule has 4 rings (SSSR count). The molecule has 0 spiro atoms. The van der Waals surface area contributed by atoms with Gasteiger partial charge in [0.05, 0.1) is 0 Å². The van der Waals surface area contributed by atoms with Gasteiger partial charge in [0.15, 0.2) is 0 Å². The van der Waals surface area contributed by atoms with Crippen LogP contribution in [0.15, 0.2) is 71.5 Å². The summed E-state index contributed by atoms with van der Waals surface area (Å²) in [5, 5.41) is 6.56. The number of benzene rings is 2. The third-order valence-electron chi connectivity index (χ3n) is 6.79. The molecule has 1 atom stereocenters. The third-order valence-corrected chi connectivity index (χ3v) is 11.7. The van der Waals surface area contributed by atoms with E-state index < -0.39 is 8.07 Å². The number of nitrogens with one attached hydrogen (secondary N) is 1. The molecule has 1 aliphatic carbocycles. The van der Waals surface area contributed by atoms with E-state index in [0.29, 0.717) is 6.04 Å². The second-order valence-electron chi connectivity index (χ2n) is 10.9. The van der Waals surface area contributed by atoms with Crippen LogP contribution in [0.5, 0.6) is 0 Å². The molecule has 0 bridgehead atoms. The maximum Gasteiger partial charge on any atom is 0.113 e. The van der Waals surface area contributed by atoms with Crippen molar-refractivity contribution in [3.05, 3.63) is 88.2 Å². The smallest absolute Gasteiger partial charge is 0.113 e. The molecule has 0 saturated heterocycles. The molecule has 2 aromatic rings. The molecule has 0 aromatic heterocycles. The fraction of sp³-hybridized carbons (Fsp3) is 0.379. The summed E-state index contributed by atoms with van der Waals surface area (Å²) < 4.78 is 0.237. The van der Waals surface area contributed by atoms with Crippen LogP contribution in [0.4, 0.5) is 5.69 Å². The fourth-order valence-electron chi connectivity index (χ4n) is 4.87. The number of hydrogen-bond donors (Lipinski definition) is 1. The summed E-state index contributed by atoms with van der Waals surface area (Å²) in [6.45, 7) is 11.9. The zero-order valence-electron chi connectivity index (χ0n) is 21.4. The highest BCUT2D eigenvalue weighted by Crippen LogP contribution is 2.43. The molecule has 2 aromatic carbocycles. The van der Waals surface area contributed by atoms with Crippen molar-refractivity contribution in [3.8, 4) is 0 Å². The number of thioether (sulfide) groups is 1. The normalized spacial score (nSPS) is 19.2. The molecule has 0 fully saturated rings. The zero-order chi connectivity index (χ0) is 24.0. The van der Waals surface area contributed by atoms with Crippen molar-refractivity contribution in [2.75, 3.05) is 26.0 Å². The highest BCUT2D eigenvalue weighted by molar-refractivity contribution is 7.99. The largest absolute Gasteiger partial charge is 0.378 e. The predicted molar refractivity (Wildman–Crippen MR) is 151 cm³/mol. The lowest BCUT2D eigenvalue weighted by Gasteiger charge is -2.39. The molecule has 33 heavy (non-hydrogen) atoms. The van der Waals surface area contributed by atoms with Crippen molar-refractivity contribution >= 4 is 36.3 Å². The Morgan fingerprint density at radius 3 is 2.42 bits per heavy atom. The Kier molecular flexibility index (Phi) is 6.56. The van der Waals surface area contributed by atoms with Crippen LogP contribution >= 0.6 is 11.8 Å². The lowest BCUT2D eigenvalue weighted by Crippen LogP contribution is -2.50. The second-order valence-corrected chi connectivity index (χ2v) is 17.0. The summed E-state index contributed by atoms with van der Waals surface area (Å²) in [5.41, 5.74) is 8.34. The molecule has 2 nitrogen and oxygen atoms in total.